The molecule has 0 spiro atoms. The highest BCUT2D eigenvalue weighted by Gasteiger charge is 2.38. The maximum Gasteiger partial charge on any atom is 0.248 e. The minimum absolute atomic E-state index is 0.0658. The molecule has 4 heteroatoms. The molecule has 1 heterocycles. The summed E-state index contributed by atoms with van der Waals surface area (Å²) in [6.07, 6.45) is 3.64. The lowest BCUT2D eigenvalue weighted by Crippen LogP contribution is -2.33. The van der Waals surface area contributed by atoms with E-state index in [2.05, 4.69) is 0 Å². The predicted octanol–water partition coefficient (Wildman–Crippen LogP) is 2.87. The molecular weight excluding hydrogens is 214 g/mol. The predicted molar refractivity (Wildman–Crippen MR) is 56.2 cm³/mol. The Hall–Kier alpha value is -0.640. The summed E-state index contributed by atoms with van der Waals surface area (Å²) in [5.41, 5.74) is 0. The molecule has 1 atom stereocenters. The molecule has 92 valence electrons. The van der Waals surface area contributed by atoms with E-state index in [1.807, 2.05) is 6.08 Å². The summed E-state index contributed by atoms with van der Waals surface area (Å²) >= 11 is 0. The smallest absolute Gasteiger partial charge is 0.248 e. The first-order valence-electron chi connectivity index (χ1n) is 5.97. The zero-order valence-corrected chi connectivity index (χ0v) is 9.29. The molecule has 1 fully saturated rings. The number of hydrogen-bond acceptors (Lipinski definition) is 2. The molecule has 0 amide bonds. The van der Waals surface area contributed by atoms with Crippen molar-refractivity contribution in [3.8, 4) is 0 Å². The van der Waals surface area contributed by atoms with Crippen molar-refractivity contribution in [2.45, 2.75) is 50.6 Å². The lowest BCUT2D eigenvalue weighted by molar-refractivity contribution is -0.0643. The molecule has 0 bridgehead atoms. The van der Waals surface area contributed by atoms with Gasteiger partial charge in [-0.2, -0.15) is 0 Å². The fourth-order valence-corrected chi connectivity index (χ4v) is 2.39. The molecule has 0 saturated heterocycles. The average Bonchev–Trinajstić information content (AvgIpc) is 2.29. The van der Waals surface area contributed by atoms with Crippen LogP contribution in [0.3, 0.4) is 0 Å². The van der Waals surface area contributed by atoms with E-state index in [9.17, 15) is 13.9 Å². The topological polar surface area (TPSA) is 29.5 Å². The summed E-state index contributed by atoms with van der Waals surface area (Å²) in [6.45, 7) is 0.631. The van der Waals surface area contributed by atoms with Crippen molar-refractivity contribution >= 4 is 0 Å². The molecule has 1 aliphatic carbocycles. The number of allylic oxidation sites excluding steroid dienone is 1. The Morgan fingerprint density at radius 1 is 1.38 bits per heavy atom. The third-order valence-electron chi connectivity index (χ3n) is 3.46. The molecule has 1 N–H and O–H groups in total. The van der Waals surface area contributed by atoms with Crippen LogP contribution in [0.25, 0.3) is 0 Å². The molecule has 0 radical (unpaired) electrons. The number of ether oxygens (including phenoxy) is 1. The second-order valence-corrected chi connectivity index (χ2v) is 4.74. The Labute approximate surface area is 94.3 Å². The molecular formula is C12H18F2O2. The summed E-state index contributed by atoms with van der Waals surface area (Å²) in [7, 11) is 0. The van der Waals surface area contributed by atoms with Crippen LogP contribution in [0, 0.1) is 5.92 Å². The Bertz CT molecular complexity index is 266. The van der Waals surface area contributed by atoms with E-state index in [0.717, 1.165) is 12.8 Å². The molecule has 1 unspecified atom stereocenters. The first-order chi connectivity index (χ1) is 7.58. The fraction of sp³-hybridized carbons (Fsp3) is 0.833. The van der Waals surface area contributed by atoms with Crippen molar-refractivity contribution < 1.29 is 18.6 Å². The van der Waals surface area contributed by atoms with Crippen LogP contribution >= 0.6 is 0 Å². The van der Waals surface area contributed by atoms with E-state index in [1.165, 1.54) is 0 Å². The average molecular weight is 232 g/mol. The molecule has 2 nitrogen and oxygen atoms in total. The van der Waals surface area contributed by atoms with Crippen molar-refractivity contribution in [2.75, 3.05) is 6.61 Å². The maximum absolute atomic E-state index is 13.0. The number of rotatable bonds is 2. The standard InChI is InChI=1S/C12H18F2O2/c13-12(14)6-4-9(5-7-12)11(15)10-3-1-2-8-16-10/h3,9,11,15H,1-2,4-8H2. The summed E-state index contributed by atoms with van der Waals surface area (Å²) in [6, 6.07) is 0. The zero-order valence-electron chi connectivity index (χ0n) is 9.29. The van der Waals surface area contributed by atoms with Gasteiger partial charge in [0.05, 0.1) is 6.61 Å². The van der Waals surface area contributed by atoms with E-state index < -0.39 is 12.0 Å². The van der Waals surface area contributed by atoms with Crippen LogP contribution in [-0.2, 0) is 4.74 Å². The van der Waals surface area contributed by atoms with Crippen molar-refractivity contribution in [3.63, 3.8) is 0 Å². The Balaban J connectivity index is 1.91. The van der Waals surface area contributed by atoms with Crippen LogP contribution in [0.15, 0.2) is 11.8 Å². The molecule has 2 rings (SSSR count). The number of aliphatic hydroxyl groups is 1. The highest BCUT2D eigenvalue weighted by molar-refractivity contribution is 5.05. The molecule has 0 aromatic carbocycles. The van der Waals surface area contributed by atoms with Crippen molar-refractivity contribution in [1.82, 2.24) is 0 Å². The lowest BCUT2D eigenvalue weighted by atomic mass is 9.82. The minimum Gasteiger partial charge on any atom is -0.495 e. The number of alkyl halides is 2. The molecule has 2 aliphatic rings. The van der Waals surface area contributed by atoms with Gasteiger partial charge in [-0.25, -0.2) is 8.78 Å². The van der Waals surface area contributed by atoms with Gasteiger partial charge in [-0.15, -0.1) is 0 Å². The van der Waals surface area contributed by atoms with Crippen molar-refractivity contribution in [1.29, 1.82) is 0 Å². The first kappa shape index (κ1) is 11.8. The summed E-state index contributed by atoms with van der Waals surface area (Å²) < 4.78 is 31.3. The van der Waals surface area contributed by atoms with E-state index in [0.29, 0.717) is 25.2 Å². The monoisotopic (exact) mass is 232 g/mol. The number of halogens is 2. The van der Waals surface area contributed by atoms with Gasteiger partial charge in [-0.05, 0) is 37.7 Å². The van der Waals surface area contributed by atoms with Crippen LogP contribution in [0.2, 0.25) is 0 Å². The number of hydrogen-bond donors (Lipinski definition) is 1. The van der Waals surface area contributed by atoms with Crippen molar-refractivity contribution in [2.24, 2.45) is 5.92 Å². The summed E-state index contributed by atoms with van der Waals surface area (Å²) in [5, 5.41) is 10.0. The highest BCUT2D eigenvalue weighted by atomic mass is 19.3. The van der Waals surface area contributed by atoms with E-state index in [4.69, 9.17) is 4.74 Å². The van der Waals surface area contributed by atoms with Crippen LogP contribution < -0.4 is 0 Å². The molecule has 1 aliphatic heterocycles. The second kappa shape index (κ2) is 4.70. The summed E-state index contributed by atoms with van der Waals surface area (Å²) in [5.74, 6) is -2.00. The molecule has 1 saturated carbocycles. The van der Waals surface area contributed by atoms with Crippen LogP contribution in [0.4, 0.5) is 8.78 Å². The number of aliphatic hydroxyl groups excluding tert-OH is 1. The van der Waals surface area contributed by atoms with E-state index >= 15 is 0 Å². The maximum atomic E-state index is 13.0. The quantitative estimate of drug-likeness (QED) is 0.793. The van der Waals surface area contributed by atoms with Crippen LogP contribution in [-0.4, -0.2) is 23.7 Å². The minimum atomic E-state index is -2.53. The molecule has 0 aromatic rings. The highest BCUT2D eigenvalue weighted by Crippen LogP contribution is 2.39. The van der Waals surface area contributed by atoms with Gasteiger partial charge >= 0.3 is 0 Å². The van der Waals surface area contributed by atoms with Gasteiger partial charge < -0.3 is 9.84 Å². The van der Waals surface area contributed by atoms with Crippen LogP contribution in [0.1, 0.15) is 38.5 Å². The molecule has 0 aromatic heterocycles. The van der Waals surface area contributed by atoms with Gasteiger partial charge in [-0.3, -0.25) is 0 Å². The Morgan fingerprint density at radius 2 is 2.06 bits per heavy atom. The Kier molecular flexibility index (Phi) is 3.47. The van der Waals surface area contributed by atoms with Gasteiger partial charge in [0.25, 0.3) is 0 Å². The van der Waals surface area contributed by atoms with Gasteiger partial charge in [0.15, 0.2) is 0 Å². The van der Waals surface area contributed by atoms with E-state index in [1.54, 1.807) is 0 Å². The lowest BCUT2D eigenvalue weighted by Gasteiger charge is -2.32. The fourth-order valence-electron chi connectivity index (χ4n) is 2.39. The van der Waals surface area contributed by atoms with Gasteiger partial charge in [0.2, 0.25) is 5.92 Å². The van der Waals surface area contributed by atoms with Crippen molar-refractivity contribution in [3.05, 3.63) is 11.8 Å². The molecule has 16 heavy (non-hydrogen) atoms. The summed E-state index contributed by atoms with van der Waals surface area (Å²) in [4.78, 5) is 0. The SMILES string of the molecule is OC(C1=CCCCO1)C1CCC(F)(F)CC1. The van der Waals surface area contributed by atoms with E-state index in [-0.39, 0.29) is 18.8 Å². The van der Waals surface area contributed by atoms with Gasteiger partial charge in [0.1, 0.15) is 11.9 Å². The zero-order chi connectivity index (χ0) is 11.6. The second-order valence-electron chi connectivity index (χ2n) is 4.74. The largest absolute Gasteiger partial charge is 0.495 e. The van der Waals surface area contributed by atoms with Crippen LogP contribution in [0.5, 0.6) is 0 Å². The third kappa shape index (κ3) is 2.73. The first-order valence-corrected chi connectivity index (χ1v) is 5.97. The third-order valence-corrected chi connectivity index (χ3v) is 3.46. The van der Waals surface area contributed by atoms with Gasteiger partial charge in [0, 0.05) is 12.8 Å². The van der Waals surface area contributed by atoms with Gasteiger partial charge in [-0.1, -0.05) is 0 Å². The normalized spacial score (nSPS) is 28.1. The Morgan fingerprint density at radius 3 is 2.62 bits per heavy atom.